The number of hydrogen-bond donors (Lipinski definition) is 0. The van der Waals surface area contributed by atoms with Gasteiger partial charge in [0.25, 0.3) is 0 Å². The number of nitrogens with zero attached hydrogens (tertiary/aromatic N) is 2. The molecule has 0 bridgehead atoms. The summed E-state index contributed by atoms with van der Waals surface area (Å²) < 4.78 is 7.90. The van der Waals surface area contributed by atoms with Crippen molar-refractivity contribution in [3.05, 3.63) is 48.0 Å². The molecule has 0 amide bonds. The summed E-state index contributed by atoms with van der Waals surface area (Å²) in [4.78, 5) is 4.29. The second kappa shape index (κ2) is 5.71. The highest BCUT2D eigenvalue weighted by Crippen LogP contribution is 2.25. The van der Waals surface area contributed by atoms with Crippen LogP contribution < -0.4 is 4.74 Å². The fourth-order valence-corrected chi connectivity index (χ4v) is 1.98. The van der Waals surface area contributed by atoms with Crippen LogP contribution >= 0.6 is 0 Å². The molecule has 18 heavy (non-hydrogen) atoms. The molecule has 1 aromatic heterocycles. The number of imidazole rings is 1. The zero-order valence-electron chi connectivity index (χ0n) is 11.3. The summed E-state index contributed by atoms with van der Waals surface area (Å²) in [6, 6.07) is 8.23. The molecule has 0 aliphatic rings. The molecule has 3 nitrogen and oxygen atoms in total. The lowest BCUT2D eigenvalue weighted by Crippen LogP contribution is -2.07. The van der Waals surface area contributed by atoms with Crippen LogP contribution in [0.3, 0.4) is 0 Å². The Morgan fingerprint density at radius 2 is 2.06 bits per heavy atom. The van der Waals surface area contributed by atoms with Crippen molar-refractivity contribution in [3.8, 4) is 5.75 Å². The highest BCUT2D eigenvalue weighted by atomic mass is 16.5. The first-order chi connectivity index (χ1) is 8.68. The number of hydrogen-bond acceptors (Lipinski definition) is 2. The van der Waals surface area contributed by atoms with Crippen molar-refractivity contribution in [1.82, 2.24) is 9.55 Å². The lowest BCUT2D eigenvalue weighted by molar-refractivity contribution is 0.313. The van der Waals surface area contributed by atoms with Crippen molar-refractivity contribution in [2.75, 3.05) is 6.61 Å². The maximum atomic E-state index is 5.87. The van der Waals surface area contributed by atoms with Gasteiger partial charge in [-0.1, -0.05) is 32.0 Å². The average Bonchev–Trinajstić information content (AvgIpc) is 2.76. The van der Waals surface area contributed by atoms with Crippen molar-refractivity contribution < 1.29 is 4.74 Å². The van der Waals surface area contributed by atoms with E-state index in [1.54, 1.807) is 0 Å². The Morgan fingerprint density at radius 1 is 1.28 bits per heavy atom. The minimum Gasteiger partial charge on any atom is -0.493 e. The number of benzene rings is 1. The first kappa shape index (κ1) is 12.7. The molecular weight excluding hydrogens is 224 g/mol. The highest BCUT2D eigenvalue weighted by molar-refractivity contribution is 5.35. The van der Waals surface area contributed by atoms with E-state index in [9.17, 15) is 0 Å². The van der Waals surface area contributed by atoms with Crippen LogP contribution in [0.4, 0.5) is 0 Å². The molecule has 0 radical (unpaired) electrons. The Bertz CT molecular complexity index is 503. The predicted molar refractivity (Wildman–Crippen MR) is 72.9 cm³/mol. The van der Waals surface area contributed by atoms with E-state index in [0.29, 0.717) is 12.5 Å². The predicted octanol–water partition coefficient (Wildman–Crippen LogP) is 3.17. The molecule has 96 valence electrons. The number of rotatable bonds is 5. The molecule has 0 fully saturated rings. The van der Waals surface area contributed by atoms with Crippen molar-refractivity contribution in [2.24, 2.45) is 7.05 Å². The van der Waals surface area contributed by atoms with Crippen LogP contribution in [0.15, 0.2) is 36.7 Å². The van der Waals surface area contributed by atoms with Gasteiger partial charge in [-0.25, -0.2) is 4.98 Å². The molecule has 0 saturated carbocycles. The summed E-state index contributed by atoms with van der Waals surface area (Å²) in [5.41, 5.74) is 1.26. The Balaban J connectivity index is 1.96. The Morgan fingerprint density at radius 3 is 2.72 bits per heavy atom. The first-order valence-corrected chi connectivity index (χ1v) is 6.36. The van der Waals surface area contributed by atoms with Gasteiger partial charge in [0.1, 0.15) is 11.6 Å². The molecule has 3 heteroatoms. The molecule has 1 heterocycles. The van der Waals surface area contributed by atoms with Gasteiger partial charge in [-0.05, 0) is 17.5 Å². The molecule has 0 N–H and O–H groups in total. The van der Waals surface area contributed by atoms with Crippen LogP contribution in [0.2, 0.25) is 0 Å². The van der Waals surface area contributed by atoms with Crippen molar-refractivity contribution in [1.29, 1.82) is 0 Å². The van der Waals surface area contributed by atoms with E-state index in [4.69, 9.17) is 4.74 Å². The van der Waals surface area contributed by atoms with Crippen LogP contribution in [0.5, 0.6) is 5.75 Å². The lowest BCUT2D eigenvalue weighted by atomic mass is 10.0. The molecule has 1 aromatic carbocycles. The van der Waals surface area contributed by atoms with Gasteiger partial charge in [0.15, 0.2) is 0 Å². The van der Waals surface area contributed by atoms with Crippen LogP contribution in [-0.4, -0.2) is 16.2 Å². The van der Waals surface area contributed by atoms with Crippen molar-refractivity contribution in [2.45, 2.75) is 26.2 Å². The fourth-order valence-electron chi connectivity index (χ4n) is 1.98. The quantitative estimate of drug-likeness (QED) is 0.807. The number of ether oxygens (including phenoxy) is 1. The zero-order valence-corrected chi connectivity index (χ0v) is 11.3. The largest absolute Gasteiger partial charge is 0.493 e. The third-order valence-electron chi connectivity index (χ3n) is 3.05. The van der Waals surface area contributed by atoms with Gasteiger partial charge in [0.2, 0.25) is 0 Å². The minimum absolute atomic E-state index is 0.481. The fraction of sp³-hybridized carbons (Fsp3) is 0.400. The van der Waals surface area contributed by atoms with Gasteiger partial charge in [-0.3, -0.25) is 0 Å². The van der Waals surface area contributed by atoms with E-state index in [-0.39, 0.29) is 0 Å². The Labute approximate surface area is 108 Å². The van der Waals surface area contributed by atoms with E-state index in [1.165, 1.54) is 5.56 Å². The standard InChI is InChI=1S/C15H20N2O/c1-12(2)13-6-4-5-7-14(13)18-11-8-15-16-9-10-17(15)3/h4-7,9-10,12H,8,11H2,1-3H3. The maximum Gasteiger partial charge on any atom is 0.122 e. The minimum atomic E-state index is 0.481. The second-order valence-electron chi connectivity index (χ2n) is 4.75. The lowest BCUT2D eigenvalue weighted by Gasteiger charge is -2.13. The van der Waals surface area contributed by atoms with Crippen LogP contribution in [-0.2, 0) is 13.5 Å². The van der Waals surface area contributed by atoms with E-state index in [1.807, 2.05) is 36.1 Å². The molecule has 0 aliphatic heterocycles. The summed E-state index contributed by atoms with van der Waals surface area (Å²) in [7, 11) is 2.00. The van der Waals surface area contributed by atoms with Crippen molar-refractivity contribution in [3.63, 3.8) is 0 Å². The van der Waals surface area contributed by atoms with Gasteiger partial charge in [-0.2, -0.15) is 0 Å². The third-order valence-corrected chi connectivity index (χ3v) is 3.05. The van der Waals surface area contributed by atoms with Gasteiger partial charge < -0.3 is 9.30 Å². The maximum absolute atomic E-state index is 5.87. The van der Waals surface area contributed by atoms with E-state index >= 15 is 0 Å². The third kappa shape index (κ3) is 2.92. The van der Waals surface area contributed by atoms with E-state index in [0.717, 1.165) is 18.0 Å². The van der Waals surface area contributed by atoms with Gasteiger partial charge in [0, 0.05) is 25.9 Å². The zero-order chi connectivity index (χ0) is 13.0. The summed E-state index contributed by atoms with van der Waals surface area (Å²) in [6.45, 7) is 5.02. The highest BCUT2D eigenvalue weighted by Gasteiger charge is 2.07. The number of para-hydroxylation sites is 1. The number of aryl methyl sites for hydroxylation is 1. The topological polar surface area (TPSA) is 27.1 Å². The molecule has 0 unspecified atom stereocenters. The molecular formula is C15H20N2O. The smallest absolute Gasteiger partial charge is 0.122 e. The van der Waals surface area contributed by atoms with Crippen LogP contribution in [0.25, 0.3) is 0 Å². The van der Waals surface area contributed by atoms with Crippen LogP contribution in [0, 0.1) is 0 Å². The normalized spacial score (nSPS) is 10.9. The molecule has 0 spiro atoms. The molecule has 2 aromatic rings. The first-order valence-electron chi connectivity index (χ1n) is 6.36. The Hall–Kier alpha value is -1.77. The molecule has 0 atom stereocenters. The SMILES string of the molecule is CC(C)c1ccccc1OCCc1nccn1C. The van der Waals surface area contributed by atoms with E-state index in [2.05, 4.69) is 31.0 Å². The van der Waals surface area contributed by atoms with Gasteiger partial charge in [0.05, 0.1) is 6.61 Å². The Kier molecular flexibility index (Phi) is 4.03. The van der Waals surface area contributed by atoms with E-state index < -0.39 is 0 Å². The summed E-state index contributed by atoms with van der Waals surface area (Å²) in [6.07, 6.45) is 4.60. The van der Waals surface area contributed by atoms with Crippen molar-refractivity contribution >= 4 is 0 Å². The molecule has 0 saturated heterocycles. The molecule has 0 aliphatic carbocycles. The summed E-state index contributed by atoms with van der Waals surface area (Å²) in [5, 5.41) is 0. The van der Waals surface area contributed by atoms with Crippen LogP contribution in [0.1, 0.15) is 31.2 Å². The summed E-state index contributed by atoms with van der Waals surface area (Å²) >= 11 is 0. The average molecular weight is 244 g/mol. The van der Waals surface area contributed by atoms with Gasteiger partial charge >= 0.3 is 0 Å². The molecule has 2 rings (SSSR count). The summed E-state index contributed by atoms with van der Waals surface area (Å²) in [5.74, 6) is 2.52. The van der Waals surface area contributed by atoms with Gasteiger partial charge in [-0.15, -0.1) is 0 Å². The monoisotopic (exact) mass is 244 g/mol. The number of aromatic nitrogens is 2. The second-order valence-corrected chi connectivity index (χ2v) is 4.75.